The second-order valence-electron chi connectivity index (χ2n) is 3.12. The van der Waals surface area contributed by atoms with E-state index in [1.54, 1.807) is 0 Å². The molecular weight excluding hydrogens is 414 g/mol. The fourth-order valence-electron chi connectivity index (χ4n) is 0.938. The first-order chi connectivity index (χ1) is 7.16. The van der Waals surface area contributed by atoms with E-state index in [0.29, 0.717) is 0 Å². The first-order valence-corrected chi connectivity index (χ1v) is 7.80. The largest absolute Gasteiger partial charge is 0.290 e. The van der Waals surface area contributed by atoms with Gasteiger partial charge in [-0.15, -0.1) is 0 Å². The maximum absolute atomic E-state index is 12.6. The number of rotatable bonds is 3. The maximum atomic E-state index is 12.6. The van der Waals surface area contributed by atoms with Crippen LogP contribution in [0.3, 0.4) is 0 Å². The highest BCUT2D eigenvalue weighted by Gasteiger charge is 2.43. The molecule has 0 heterocycles. The molecule has 0 radical (unpaired) electrons. The van der Waals surface area contributed by atoms with Crippen molar-refractivity contribution in [3.8, 4) is 0 Å². The third-order valence-electron chi connectivity index (χ3n) is 1.84. The van der Waals surface area contributed by atoms with Crippen molar-refractivity contribution in [3.05, 3.63) is 35.6 Å². The van der Waals surface area contributed by atoms with Gasteiger partial charge in [0.15, 0.2) is 9.84 Å². The molecule has 0 bridgehead atoms. The molecule has 1 rings (SSSR count). The van der Waals surface area contributed by atoms with E-state index < -0.39 is 23.1 Å². The lowest BCUT2D eigenvalue weighted by Gasteiger charge is -2.16. The van der Waals surface area contributed by atoms with Gasteiger partial charge in [-0.2, -0.15) is 0 Å². The summed E-state index contributed by atoms with van der Waals surface area (Å²) >= 11 is 4.38. The molecule has 0 spiro atoms. The summed E-state index contributed by atoms with van der Waals surface area (Å²) in [6.07, 6.45) is 0.954. The number of benzene rings is 1. The quantitative estimate of drug-likeness (QED) is 0.429. The lowest BCUT2D eigenvalue weighted by atomic mass is 10.1. The highest BCUT2D eigenvalue weighted by molar-refractivity contribution is 14.1. The summed E-state index contributed by atoms with van der Waals surface area (Å²) in [5, 5.41) is 0. The summed E-state index contributed by atoms with van der Waals surface area (Å²) in [7, 11) is -3.60. The van der Waals surface area contributed by atoms with E-state index in [2.05, 4.69) is 15.9 Å². The molecule has 0 unspecified atom stereocenters. The van der Waals surface area contributed by atoms with Gasteiger partial charge in [-0.25, -0.2) is 12.8 Å². The van der Waals surface area contributed by atoms with Crippen LogP contribution in [0.25, 0.3) is 0 Å². The minimum atomic E-state index is -3.60. The van der Waals surface area contributed by atoms with Gasteiger partial charge in [0.2, 0.25) is 7.45 Å². The van der Waals surface area contributed by atoms with Gasteiger partial charge >= 0.3 is 0 Å². The Morgan fingerprint density at radius 1 is 1.38 bits per heavy atom. The highest BCUT2D eigenvalue weighted by atomic mass is 127. The molecule has 16 heavy (non-hydrogen) atoms. The molecule has 0 amide bonds. The fraction of sp³-hybridized carbons (Fsp3) is 0.222. The highest BCUT2D eigenvalue weighted by Crippen LogP contribution is 2.36. The number of carbonyl (C=O) groups is 1. The Balaban J connectivity index is 3.18. The van der Waals surface area contributed by atoms with Gasteiger partial charge in [0.1, 0.15) is 5.82 Å². The lowest BCUT2D eigenvalue weighted by molar-refractivity contribution is 0.101. The van der Waals surface area contributed by atoms with E-state index in [1.165, 1.54) is 34.7 Å². The predicted molar refractivity (Wildman–Crippen MR) is 71.3 cm³/mol. The van der Waals surface area contributed by atoms with Crippen molar-refractivity contribution in [1.82, 2.24) is 0 Å². The van der Waals surface area contributed by atoms with E-state index >= 15 is 0 Å². The molecule has 1 atom stereocenters. The molecule has 3 nitrogen and oxygen atoms in total. The minimum Gasteiger partial charge on any atom is -0.290 e. The van der Waals surface area contributed by atoms with Gasteiger partial charge < -0.3 is 0 Å². The van der Waals surface area contributed by atoms with Gasteiger partial charge in [0.05, 0.1) is 0 Å². The Morgan fingerprint density at radius 2 is 1.81 bits per heavy atom. The first kappa shape index (κ1) is 14.0. The van der Waals surface area contributed by atoms with E-state index in [4.69, 9.17) is 0 Å². The van der Waals surface area contributed by atoms with Gasteiger partial charge in [0.25, 0.3) is 0 Å². The maximum Gasteiger partial charge on any atom is 0.238 e. The molecule has 1 aromatic carbocycles. The second-order valence-corrected chi connectivity index (χ2v) is 10.8. The molecule has 0 saturated carbocycles. The number of carbonyl (C=O) groups excluding carboxylic acids is 1. The number of alkyl halides is 2. The molecule has 0 aromatic heterocycles. The van der Waals surface area contributed by atoms with E-state index in [1.807, 2.05) is 0 Å². The summed E-state index contributed by atoms with van der Waals surface area (Å²) in [5.41, 5.74) is 0.137. The van der Waals surface area contributed by atoms with Crippen LogP contribution in [0.15, 0.2) is 24.3 Å². The van der Waals surface area contributed by atoms with Crippen LogP contribution in [0.1, 0.15) is 10.4 Å². The summed E-state index contributed by atoms with van der Waals surface area (Å²) in [4.78, 5) is 11.9. The molecule has 0 fully saturated rings. The second kappa shape index (κ2) is 4.69. The van der Waals surface area contributed by atoms with Crippen LogP contribution in [0, 0.1) is 5.82 Å². The summed E-state index contributed by atoms with van der Waals surface area (Å²) in [6, 6.07) is 4.71. The molecule has 7 heteroatoms. The number of ketones is 1. The van der Waals surface area contributed by atoms with Gasteiger partial charge in [0, 0.05) is 11.8 Å². The van der Waals surface area contributed by atoms with Gasteiger partial charge in [-0.3, -0.25) is 4.79 Å². The Labute approximate surface area is 115 Å². The Kier molecular flexibility index (Phi) is 4.12. The molecule has 0 saturated heterocycles. The summed E-state index contributed by atoms with van der Waals surface area (Å²) in [6.45, 7) is 0. The molecule has 0 N–H and O–H groups in total. The zero-order valence-electron chi connectivity index (χ0n) is 8.08. The third kappa shape index (κ3) is 2.80. The monoisotopic (exact) mass is 420 g/mol. The van der Waals surface area contributed by atoms with Crippen molar-refractivity contribution < 1.29 is 17.6 Å². The van der Waals surface area contributed by atoms with E-state index in [-0.39, 0.29) is 5.56 Å². The standard InChI is InChI=1S/C9H7BrFIO3S/c1-16(14,15)9(10,12)8(13)6-2-4-7(11)5-3-6/h2-5H,1H3/t9-/m1/s1. The average Bonchev–Trinajstić information content (AvgIpc) is 2.16. The van der Waals surface area contributed by atoms with Crippen molar-refractivity contribution in [3.63, 3.8) is 0 Å². The Bertz CT molecular complexity index is 510. The van der Waals surface area contributed by atoms with Crippen molar-refractivity contribution in [2.24, 2.45) is 0 Å². The molecule has 1 aromatic rings. The van der Waals surface area contributed by atoms with Crippen LogP contribution in [0.2, 0.25) is 0 Å². The van der Waals surface area contributed by atoms with Crippen LogP contribution in [0.5, 0.6) is 0 Å². The minimum absolute atomic E-state index is 0.137. The number of Topliss-reactive ketones (excluding diaryl/α,β-unsaturated/α-hetero) is 1. The first-order valence-electron chi connectivity index (χ1n) is 4.04. The molecule has 0 aliphatic carbocycles. The average molecular weight is 421 g/mol. The van der Waals surface area contributed by atoms with Crippen molar-refractivity contribution >= 4 is 54.1 Å². The van der Waals surface area contributed by atoms with Crippen molar-refractivity contribution in [1.29, 1.82) is 0 Å². The molecular formula is C9H7BrFIO3S. The SMILES string of the molecule is CS(=O)(=O)[C@](Br)(I)C(=O)c1ccc(F)cc1. The fourth-order valence-corrected chi connectivity index (χ4v) is 1.93. The predicted octanol–water partition coefficient (Wildman–Crippen LogP) is 2.54. The van der Waals surface area contributed by atoms with E-state index in [9.17, 15) is 17.6 Å². The zero-order chi connectivity index (χ0) is 12.6. The number of halogens is 3. The van der Waals surface area contributed by atoms with Crippen LogP contribution in [0.4, 0.5) is 4.39 Å². The number of sulfone groups is 1. The zero-order valence-corrected chi connectivity index (χ0v) is 12.6. The number of hydrogen-bond acceptors (Lipinski definition) is 3. The third-order valence-corrected chi connectivity index (χ3v) is 7.97. The Morgan fingerprint density at radius 3 is 2.19 bits per heavy atom. The van der Waals surface area contributed by atoms with Crippen LogP contribution < -0.4 is 0 Å². The topological polar surface area (TPSA) is 51.2 Å². The van der Waals surface area contributed by atoms with E-state index in [0.717, 1.165) is 18.4 Å². The smallest absolute Gasteiger partial charge is 0.238 e. The molecule has 0 aliphatic heterocycles. The molecule has 88 valence electrons. The van der Waals surface area contributed by atoms with Crippen LogP contribution in [-0.4, -0.2) is 22.1 Å². The van der Waals surface area contributed by atoms with Crippen LogP contribution >= 0.6 is 38.5 Å². The lowest BCUT2D eigenvalue weighted by Crippen LogP contribution is -2.33. The summed E-state index contributed by atoms with van der Waals surface area (Å²) < 4.78 is 33.7. The normalized spacial score (nSPS) is 15.5. The van der Waals surface area contributed by atoms with Gasteiger partial charge in [-0.1, -0.05) is 0 Å². The van der Waals surface area contributed by atoms with Crippen molar-refractivity contribution in [2.75, 3.05) is 6.26 Å². The van der Waals surface area contributed by atoms with Crippen molar-refractivity contribution in [2.45, 2.75) is 1.66 Å². The van der Waals surface area contributed by atoms with Gasteiger partial charge in [-0.05, 0) is 62.8 Å². The Hall–Kier alpha value is -0.0200. The molecule has 0 aliphatic rings. The summed E-state index contributed by atoms with van der Waals surface area (Å²) in [5.74, 6) is -1.11. The van der Waals surface area contributed by atoms with Crippen LogP contribution in [-0.2, 0) is 9.84 Å². The number of hydrogen-bond donors (Lipinski definition) is 0.